The van der Waals surface area contributed by atoms with E-state index in [0.717, 1.165) is 13.0 Å². The van der Waals surface area contributed by atoms with Crippen LogP contribution in [0.4, 0.5) is 11.4 Å². The van der Waals surface area contributed by atoms with Crippen molar-refractivity contribution in [3.63, 3.8) is 0 Å². The van der Waals surface area contributed by atoms with Crippen molar-refractivity contribution in [2.75, 3.05) is 18.4 Å². The lowest BCUT2D eigenvalue weighted by atomic mass is 10.1. The lowest BCUT2D eigenvalue weighted by Gasteiger charge is -2.08. The summed E-state index contributed by atoms with van der Waals surface area (Å²) in [6, 6.07) is 4.87. The molecule has 20 heavy (non-hydrogen) atoms. The van der Waals surface area contributed by atoms with Gasteiger partial charge in [-0.2, -0.15) is 0 Å². The fraction of sp³-hybridized carbons (Fsp3) is 0.462. The predicted octanol–water partition coefficient (Wildman–Crippen LogP) is 1.25. The van der Waals surface area contributed by atoms with Crippen molar-refractivity contribution >= 4 is 17.3 Å². The van der Waals surface area contributed by atoms with Gasteiger partial charge in [-0.15, -0.1) is 0 Å². The monoisotopic (exact) mass is 278 g/mol. The summed E-state index contributed by atoms with van der Waals surface area (Å²) in [6.07, 6.45) is 3.37. The SMILES string of the molecule is NC(=O)c1ccc(NCCCNC2CC2)c([N+](=O)[O-])c1. The number of hydrogen-bond acceptors (Lipinski definition) is 5. The standard InChI is InChI=1S/C13H18N4O3/c14-13(18)9-2-5-11(12(8-9)17(19)20)16-7-1-6-15-10-3-4-10/h2,5,8,10,15-16H,1,3-4,6-7H2,(H2,14,18). The zero-order valence-corrected chi connectivity index (χ0v) is 11.1. The molecule has 108 valence electrons. The Morgan fingerprint density at radius 1 is 1.40 bits per heavy atom. The molecule has 1 saturated carbocycles. The van der Waals surface area contributed by atoms with Crippen molar-refractivity contribution in [3.05, 3.63) is 33.9 Å². The molecule has 0 unspecified atom stereocenters. The van der Waals surface area contributed by atoms with Gasteiger partial charge in [0.1, 0.15) is 5.69 Å². The minimum absolute atomic E-state index is 0.128. The number of hydrogen-bond donors (Lipinski definition) is 3. The van der Waals surface area contributed by atoms with E-state index in [0.29, 0.717) is 18.3 Å². The third kappa shape index (κ3) is 3.92. The number of nitrogens with two attached hydrogens (primary N) is 1. The molecule has 1 aromatic rings. The summed E-state index contributed by atoms with van der Waals surface area (Å²) in [6.45, 7) is 1.53. The van der Waals surface area contributed by atoms with Crippen molar-refractivity contribution in [1.82, 2.24) is 5.32 Å². The highest BCUT2D eigenvalue weighted by Gasteiger charge is 2.19. The smallest absolute Gasteiger partial charge is 0.293 e. The van der Waals surface area contributed by atoms with Crippen LogP contribution in [0, 0.1) is 10.1 Å². The Kier molecular flexibility index (Phi) is 4.52. The molecule has 1 aliphatic rings. The quantitative estimate of drug-likeness (QED) is 0.376. The molecular weight excluding hydrogens is 260 g/mol. The van der Waals surface area contributed by atoms with Gasteiger partial charge in [0.2, 0.25) is 5.91 Å². The number of carbonyl (C=O) groups is 1. The summed E-state index contributed by atoms with van der Waals surface area (Å²) >= 11 is 0. The van der Waals surface area contributed by atoms with Gasteiger partial charge in [-0.1, -0.05) is 0 Å². The van der Waals surface area contributed by atoms with Crippen LogP contribution >= 0.6 is 0 Å². The van der Waals surface area contributed by atoms with Crippen LogP contribution in [-0.4, -0.2) is 30.0 Å². The molecule has 0 heterocycles. The van der Waals surface area contributed by atoms with Crippen LogP contribution in [0.15, 0.2) is 18.2 Å². The minimum Gasteiger partial charge on any atom is -0.379 e. The minimum atomic E-state index is -0.673. The Bertz CT molecular complexity index is 514. The highest BCUT2D eigenvalue weighted by Crippen LogP contribution is 2.25. The van der Waals surface area contributed by atoms with Gasteiger partial charge in [-0.25, -0.2) is 0 Å². The number of primary amides is 1. The Morgan fingerprint density at radius 2 is 2.15 bits per heavy atom. The van der Waals surface area contributed by atoms with E-state index in [1.165, 1.54) is 31.0 Å². The van der Waals surface area contributed by atoms with Crippen LogP contribution in [0.3, 0.4) is 0 Å². The molecular formula is C13H18N4O3. The lowest BCUT2D eigenvalue weighted by Crippen LogP contribution is -2.20. The average Bonchev–Trinajstić information content (AvgIpc) is 3.22. The number of anilines is 1. The second-order valence-electron chi connectivity index (χ2n) is 4.86. The van der Waals surface area contributed by atoms with Crippen molar-refractivity contribution in [2.45, 2.75) is 25.3 Å². The molecule has 1 aliphatic carbocycles. The van der Waals surface area contributed by atoms with Gasteiger partial charge in [-0.3, -0.25) is 14.9 Å². The van der Waals surface area contributed by atoms with E-state index in [-0.39, 0.29) is 11.3 Å². The van der Waals surface area contributed by atoms with E-state index < -0.39 is 10.8 Å². The van der Waals surface area contributed by atoms with Crippen LogP contribution in [-0.2, 0) is 0 Å². The van der Waals surface area contributed by atoms with E-state index >= 15 is 0 Å². The molecule has 7 heteroatoms. The normalized spacial score (nSPS) is 14.0. The zero-order valence-electron chi connectivity index (χ0n) is 11.1. The molecule has 4 N–H and O–H groups in total. The molecule has 0 spiro atoms. The van der Waals surface area contributed by atoms with Crippen LogP contribution in [0.1, 0.15) is 29.6 Å². The maximum atomic E-state index is 11.0. The Balaban J connectivity index is 1.91. The second kappa shape index (κ2) is 6.33. The number of rotatable bonds is 8. The van der Waals surface area contributed by atoms with E-state index in [1.54, 1.807) is 0 Å². The Labute approximate surface area is 116 Å². The third-order valence-electron chi connectivity index (χ3n) is 3.16. The maximum Gasteiger partial charge on any atom is 0.293 e. The molecule has 0 radical (unpaired) electrons. The first-order valence-electron chi connectivity index (χ1n) is 6.63. The number of benzene rings is 1. The van der Waals surface area contributed by atoms with E-state index in [4.69, 9.17) is 5.73 Å². The summed E-state index contributed by atoms with van der Waals surface area (Å²) in [7, 11) is 0. The van der Waals surface area contributed by atoms with E-state index in [2.05, 4.69) is 10.6 Å². The maximum absolute atomic E-state index is 11.0. The Hall–Kier alpha value is -2.15. The summed E-state index contributed by atoms with van der Waals surface area (Å²) in [5.74, 6) is -0.673. The van der Waals surface area contributed by atoms with Crippen LogP contribution in [0.25, 0.3) is 0 Å². The van der Waals surface area contributed by atoms with Gasteiger partial charge in [0, 0.05) is 24.2 Å². The molecule has 7 nitrogen and oxygen atoms in total. The first kappa shape index (κ1) is 14.3. The Morgan fingerprint density at radius 3 is 2.75 bits per heavy atom. The summed E-state index contributed by atoms with van der Waals surface area (Å²) in [4.78, 5) is 21.5. The largest absolute Gasteiger partial charge is 0.379 e. The van der Waals surface area contributed by atoms with Gasteiger partial charge >= 0.3 is 0 Å². The van der Waals surface area contributed by atoms with Crippen LogP contribution in [0.2, 0.25) is 0 Å². The number of nitro groups is 1. The molecule has 2 rings (SSSR count). The van der Waals surface area contributed by atoms with Crippen molar-refractivity contribution in [1.29, 1.82) is 0 Å². The third-order valence-corrected chi connectivity index (χ3v) is 3.16. The molecule has 1 aromatic carbocycles. The van der Waals surface area contributed by atoms with Gasteiger partial charge < -0.3 is 16.4 Å². The highest BCUT2D eigenvalue weighted by molar-refractivity contribution is 5.94. The summed E-state index contributed by atoms with van der Waals surface area (Å²) < 4.78 is 0. The molecule has 0 aromatic heterocycles. The number of amides is 1. The number of nitrogens with zero attached hydrogens (tertiary/aromatic N) is 1. The molecule has 1 amide bonds. The van der Waals surface area contributed by atoms with E-state index in [9.17, 15) is 14.9 Å². The fourth-order valence-corrected chi connectivity index (χ4v) is 1.89. The van der Waals surface area contributed by atoms with Gasteiger partial charge in [-0.05, 0) is 37.9 Å². The van der Waals surface area contributed by atoms with Crippen molar-refractivity contribution in [2.24, 2.45) is 5.73 Å². The lowest BCUT2D eigenvalue weighted by molar-refractivity contribution is -0.384. The van der Waals surface area contributed by atoms with E-state index in [1.807, 2.05) is 0 Å². The summed E-state index contributed by atoms with van der Waals surface area (Å²) in [5.41, 5.74) is 5.53. The fourth-order valence-electron chi connectivity index (χ4n) is 1.89. The van der Waals surface area contributed by atoms with Gasteiger partial charge in [0.05, 0.1) is 4.92 Å². The second-order valence-corrected chi connectivity index (χ2v) is 4.86. The predicted molar refractivity (Wildman–Crippen MR) is 75.7 cm³/mol. The highest BCUT2D eigenvalue weighted by atomic mass is 16.6. The first-order valence-corrected chi connectivity index (χ1v) is 6.63. The van der Waals surface area contributed by atoms with Gasteiger partial charge in [0.25, 0.3) is 5.69 Å². The van der Waals surface area contributed by atoms with Crippen molar-refractivity contribution in [3.8, 4) is 0 Å². The zero-order chi connectivity index (χ0) is 14.5. The average molecular weight is 278 g/mol. The number of carbonyl (C=O) groups excluding carboxylic acids is 1. The molecule has 0 bridgehead atoms. The summed E-state index contributed by atoms with van der Waals surface area (Å²) in [5, 5.41) is 17.4. The van der Waals surface area contributed by atoms with Gasteiger partial charge in [0.15, 0.2) is 0 Å². The topological polar surface area (TPSA) is 110 Å². The number of nitro benzene ring substituents is 1. The van der Waals surface area contributed by atoms with Crippen molar-refractivity contribution < 1.29 is 9.72 Å². The first-order chi connectivity index (χ1) is 9.58. The van der Waals surface area contributed by atoms with Crippen LogP contribution < -0.4 is 16.4 Å². The number of nitrogens with one attached hydrogen (secondary N) is 2. The molecule has 0 saturated heterocycles. The molecule has 1 fully saturated rings. The van der Waals surface area contributed by atoms with Crippen LogP contribution in [0.5, 0.6) is 0 Å². The molecule has 0 atom stereocenters. The molecule has 0 aliphatic heterocycles.